The molecule has 1 atom stereocenters. The van der Waals surface area contributed by atoms with Crippen LogP contribution in [-0.4, -0.2) is 23.6 Å². The Morgan fingerprint density at radius 3 is 2.35 bits per heavy atom. The Bertz CT molecular complexity index is 995. The van der Waals surface area contributed by atoms with Crippen LogP contribution in [0.3, 0.4) is 0 Å². The number of phenolic OH excluding ortho intramolecular Hbond substituents is 1. The molecule has 5 nitrogen and oxygen atoms in total. The number of aliphatic imine (C=N–C) groups is 1. The average molecular weight is 490 g/mol. The predicted molar refractivity (Wildman–Crippen MR) is 122 cm³/mol. The van der Waals surface area contributed by atoms with E-state index in [1.807, 2.05) is 67.6 Å². The Morgan fingerprint density at radius 1 is 0.968 bits per heavy atom. The van der Waals surface area contributed by atoms with Crippen LogP contribution in [0.15, 0.2) is 83.9 Å². The molecule has 0 fully saturated rings. The number of hydrogen-bond acceptors (Lipinski definition) is 3. The van der Waals surface area contributed by atoms with Crippen molar-refractivity contribution in [2.45, 2.75) is 32.0 Å². The second-order valence-electron chi connectivity index (χ2n) is 7.44. The van der Waals surface area contributed by atoms with E-state index in [0.717, 1.165) is 22.4 Å². The molecule has 0 bridgehead atoms. The summed E-state index contributed by atoms with van der Waals surface area (Å²) >= 11 is 0. The maximum atomic E-state index is 9.74. The number of benzene rings is 3. The molecule has 3 aromatic carbocycles. The van der Waals surface area contributed by atoms with Crippen LogP contribution in [0.25, 0.3) is 11.1 Å². The van der Waals surface area contributed by atoms with Gasteiger partial charge in [-0.05, 0) is 48.4 Å². The van der Waals surface area contributed by atoms with E-state index in [2.05, 4.69) is 4.99 Å². The van der Waals surface area contributed by atoms with E-state index in [1.54, 1.807) is 25.3 Å². The van der Waals surface area contributed by atoms with E-state index in [-0.39, 0.29) is 44.3 Å². The summed E-state index contributed by atoms with van der Waals surface area (Å²) in [5, 5.41) is 14.6. The number of methoxy groups -OCH3 is 1. The van der Waals surface area contributed by atoms with Crippen LogP contribution in [0.2, 0.25) is 0 Å². The van der Waals surface area contributed by atoms with Crippen LogP contribution in [-0.2, 0) is 52.2 Å². The van der Waals surface area contributed by atoms with Gasteiger partial charge in [0.1, 0.15) is 11.5 Å². The normalized spacial score (nSPS) is 13.2. The summed E-state index contributed by atoms with van der Waals surface area (Å²) in [6, 6.07) is 24.8. The molecule has 3 aromatic rings. The zero-order chi connectivity index (χ0) is 21.4. The average Bonchev–Trinajstić information content (AvgIpc) is 2.77. The molecule has 0 saturated heterocycles. The number of aromatic hydroxyl groups is 1. The van der Waals surface area contributed by atoms with E-state index >= 15 is 0 Å². The molecule has 0 amide bonds. The molecule has 0 saturated carbocycles. The second kappa shape index (κ2) is 12.0. The number of hydrogen-bond donors (Lipinski definition) is 1. The molecular formula is C25H27N3O2Y-2. The number of ether oxygens (including phenoxy) is 1. The molecular weight excluding hydrogens is 463 g/mol. The van der Waals surface area contributed by atoms with Gasteiger partial charge in [0, 0.05) is 32.7 Å². The van der Waals surface area contributed by atoms with Crippen molar-refractivity contribution in [2.24, 2.45) is 4.99 Å². The number of amidine groups is 1. The van der Waals surface area contributed by atoms with Crippen molar-refractivity contribution in [2.75, 3.05) is 7.11 Å². The fraction of sp³-hybridized carbons (Fsp3) is 0.240. The minimum Gasteiger partial charge on any atom is -0.650 e. The molecule has 0 aliphatic heterocycles. The quantitative estimate of drug-likeness (QED) is 0.298. The summed E-state index contributed by atoms with van der Waals surface area (Å²) in [7, 11) is 1.64. The molecule has 0 spiro atoms. The molecule has 0 aliphatic carbocycles. The topological polar surface area (TPSA) is 79.7 Å². The summed E-state index contributed by atoms with van der Waals surface area (Å²) < 4.78 is 5.34. The summed E-state index contributed by atoms with van der Waals surface area (Å²) in [4.78, 5) is 4.54. The zero-order valence-corrected chi connectivity index (χ0v) is 20.8. The molecule has 1 radical (unpaired) electrons. The van der Waals surface area contributed by atoms with Crippen molar-refractivity contribution < 1.29 is 42.6 Å². The fourth-order valence-corrected chi connectivity index (χ4v) is 3.24. The minimum atomic E-state index is -0.813. The Balaban J connectivity index is 0.00000341. The van der Waals surface area contributed by atoms with Gasteiger partial charge in [-0.15, -0.1) is 17.9 Å². The SMILES string of the molecule is COc1cccc(CC(C)([N-]Cc2cccc(O)c2)C([NH-])=NCc2ccccc2)c1.[Y]. The van der Waals surface area contributed by atoms with Gasteiger partial charge in [0.25, 0.3) is 0 Å². The summed E-state index contributed by atoms with van der Waals surface area (Å²) in [6.07, 6.45) is 0.528. The van der Waals surface area contributed by atoms with Crippen molar-refractivity contribution in [3.63, 3.8) is 0 Å². The van der Waals surface area contributed by atoms with E-state index < -0.39 is 5.54 Å². The van der Waals surface area contributed by atoms with Gasteiger partial charge >= 0.3 is 0 Å². The summed E-state index contributed by atoms with van der Waals surface area (Å²) in [5.74, 6) is 1.21. The molecule has 31 heavy (non-hydrogen) atoms. The third-order valence-electron chi connectivity index (χ3n) is 4.98. The third kappa shape index (κ3) is 7.46. The third-order valence-corrected chi connectivity index (χ3v) is 4.98. The van der Waals surface area contributed by atoms with Crippen LogP contribution in [0.1, 0.15) is 23.6 Å². The predicted octanol–water partition coefficient (Wildman–Crippen LogP) is 5.92. The largest absolute Gasteiger partial charge is 0.650 e. The summed E-state index contributed by atoms with van der Waals surface area (Å²) in [5.41, 5.74) is 10.9. The Kier molecular flexibility index (Phi) is 9.69. The van der Waals surface area contributed by atoms with E-state index in [9.17, 15) is 5.11 Å². The molecule has 159 valence electrons. The molecule has 6 heteroatoms. The molecule has 0 aliphatic rings. The number of nitrogens with one attached hydrogen (secondary N) is 1. The van der Waals surface area contributed by atoms with Crippen LogP contribution in [0.4, 0.5) is 0 Å². The van der Waals surface area contributed by atoms with Gasteiger partial charge in [-0.1, -0.05) is 67.1 Å². The number of nitrogens with zero attached hydrogens (tertiary/aromatic N) is 2. The Labute approximate surface area is 209 Å². The Morgan fingerprint density at radius 2 is 1.65 bits per heavy atom. The van der Waals surface area contributed by atoms with E-state index in [0.29, 0.717) is 19.5 Å². The monoisotopic (exact) mass is 490 g/mol. The van der Waals surface area contributed by atoms with Gasteiger partial charge in [0.2, 0.25) is 0 Å². The first-order chi connectivity index (χ1) is 14.5. The van der Waals surface area contributed by atoms with Gasteiger partial charge in [0.15, 0.2) is 0 Å². The smallest absolute Gasteiger partial charge is 0.119 e. The maximum Gasteiger partial charge on any atom is 0.119 e. The fourth-order valence-electron chi connectivity index (χ4n) is 3.24. The minimum absolute atomic E-state index is 0. The Hall–Kier alpha value is -2.21. The molecule has 3 rings (SSSR count). The van der Waals surface area contributed by atoms with Gasteiger partial charge in [0.05, 0.1) is 7.11 Å². The van der Waals surface area contributed by atoms with Crippen molar-refractivity contribution in [1.82, 2.24) is 0 Å². The first-order valence-corrected chi connectivity index (χ1v) is 9.88. The maximum absolute atomic E-state index is 9.74. The van der Waals surface area contributed by atoms with Crippen molar-refractivity contribution in [1.29, 1.82) is 0 Å². The van der Waals surface area contributed by atoms with Crippen molar-refractivity contribution >= 4 is 5.84 Å². The van der Waals surface area contributed by atoms with Crippen LogP contribution < -0.4 is 4.74 Å². The van der Waals surface area contributed by atoms with E-state index in [1.165, 1.54) is 0 Å². The van der Waals surface area contributed by atoms with Gasteiger partial charge in [-0.25, -0.2) is 0 Å². The molecule has 0 aromatic heterocycles. The first-order valence-electron chi connectivity index (χ1n) is 9.88. The zero-order valence-electron chi connectivity index (χ0n) is 18.0. The van der Waals surface area contributed by atoms with Gasteiger partial charge in [-0.2, -0.15) is 0 Å². The van der Waals surface area contributed by atoms with Gasteiger partial charge in [-0.3, -0.25) is 0 Å². The van der Waals surface area contributed by atoms with E-state index in [4.69, 9.17) is 15.8 Å². The van der Waals surface area contributed by atoms with Crippen molar-refractivity contribution in [3.8, 4) is 11.5 Å². The molecule has 1 unspecified atom stereocenters. The van der Waals surface area contributed by atoms with Crippen LogP contribution in [0, 0.1) is 0 Å². The van der Waals surface area contributed by atoms with Crippen LogP contribution in [0.5, 0.6) is 11.5 Å². The van der Waals surface area contributed by atoms with Crippen molar-refractivity contribution in [3.05, 3.63) is 107 Å². The van der Waals surface area contributed by atoms with Gasteiger partial charge < -0.3 is 25.9 Å². The first kappa shape index (κ1) is 25.1. The van der Waals surface area contributed by atoms with Crippen LogP contribution >= 0.6 is 0 Å². The second-order valence-corrected chi connectivity index (χ2v) is 7.44. The standard InChI is InChI=1S/C25H27N3O2.Y/c1-25(16-20-10-7-13-23(15-20)30-2,28-18-21-11-6-12-22(29)14-21)24(26)27-17-19-8-4-3-5-9-19;/h3-15H,16-18H2,1-2H3,(H2-,26,27,29);/q-2;. The molecule has 2 N–H and O–H groups in total. The number of rotatable bonds is 9. The summed E-state index contributed by atoms with van der Waals surface area (Å²) in [6.45, 7) is 2.76. The number of phenols is 1. The molecule has 0 heterocycles.